The maximum absolute atomic E-state index is 13.0. The minimum atomic E-state index is -1.14. The highest BCUT2D eigenvalue weighted by Crippen LogP contribution is 2.08. The zero-order chi connectivity index (χ0) is 12.0. The second kappa shape index (κ2) is 5.92. The van der Waals surface area contributed by atoms with E-state index in [-0.39, 0.29) is 5.56 Å². The van der Waals surface area contributed by atoms with Gasteiger partial charge >= 0.3 is 5.97 Å². The first-order valence-corrected chi connectivity index (χ1v) is 5.16. The lowest BCUT2D eigenvalue weighted by molar-refractivity contribution is 0.0696. The fourth-order valence-electron chi connectivity index (χ4n) is 1.22. The summed E-state index contributed by atoms with van der Waals surface area (Å²) in [4.78, 5) is 10.7. The van der Waals surface area contributed by atoms with Crippen molar-refractivity contribution in [3.05, 3.63) is 35.1 Å². The molecule has 3 heteroatoms. The van der Waals surface area contributed by atoms with Gasteiger partial charge in [0.25, 0.3) is 0 Å². The summed E-state index contributed by atoms with van der Waals surface area (Å²) in [5.41, 5.74) is 0.341. The Labute approximate surface area is 94.1 Å². The second-order valence-electron chi connectivity index (χ2n) is 3.44. The molecule has 0 atom stereocenters. The third-order valence-electron chi connectivity index (χ3n) is 2.03. The molecule has 0 radical (unpaired) electrons. The number of aromatic carboxylic acids is 1. The summed E-state index contributed by atoms with van der Waals surface area (Å²) in [5.74, 6) is 3.94. The number of unbranched alkanes of at least 4 members (excludes halogenated alkanes) is 2. The molecule has 0 heterocycles. The van der Waals surface area contributed by atoms with E-state index >= 15 is 0 Å². The van der Waals surface area contributed by atoms with Gasteiger partial charge in [-0.05, 0) is 24.6 Å². The second-order valence-corrected chi connectivity index (χ2v) is 3.44. The van der Waals surface area contributed by atoms with Crippen LogP contribution in [0, 0.1) is 17.7 Å². The third kappa shape index (κ3) is 3.74. The van der Waals surface area contributed by atoms with E-state index in [0.717, 1.165) is 25.3 Å². The van der Waals surface area contributed by atoms with Crippen LogP contribution in [0.3, 0.4) is 0 Å². The van der Waals surface area contributed by atoms with Crippen molar-refractivity contribution in [3.8, 4) is 11.8 Å². The summed E-state index contributed by atoms with van der Waals surface area (Å²) in [6.45, 7) is 2.06. The third-order valence-corrected chi connectivity index (χ3v) is 2.03. The standard InChI is InChI=1S/C13H13FO2/c1-2-3-4-5-6-10-7-11(13(15)16)9-12(14)8-10/h7-9H,2-4H2,1H3,(H,15,16). The molecule has 0 saturated carbocycles. The largest absolute Gasteiger partial charge is 0.478 e. The number of hydrogen-bond donors (Lipinski definition) is 1. The van der Waals surface area contributed by atoms with Crippen LogP contribution in [0.25, 0.3) is 0 Å². The molecule has 0 aliphatic heterocycles. The quantitative estimate of drug-likeness (QED) is 0.628. The van der Waals surface area contributed by atoms with Crippen molar-refractivity contribution < 1.29 is 14.3 Å². The molecular weight excluding hydrogens is 207 g/mol. The van der Waals surface area contributed by atoms with Crippen molar-refractivity contribution in [2.24, 2.45) is 0 Å². The molecule has 1 rings (SSSR count). The number of carboxylic acids is 1. The minimum absolute atomic E-state index is 0.0696. The molecule has 16 heavy (non-hydrogen) atoms. The van der Waals surface area contributed by atoms with E-state index < -0.39 is 11.8 Å². The van der Waals surface area contributed by atoms with Gasteiger partial charge in [0.05, 0.1) is 5.56 Å². The number of carboxylic acid groups (broad SMARTS) is 1. The molecular formula is C13H13FO2. The Morgan fingerprint density at radius 1 is 1.44 bits per heavy atom. The average molecular weight is 220 g/mol. The summed E-state index contributed by atoms with van der Waals surface area (Å²) < 4.78 is 13.0. The Balaban J connectivity index is 2.86. The molecule has 0 unspecified atom stereocenters. The Morgan fingerprint density at radius 3 is 2.81 bits per heavy atom. The highest BCUT2D eigenvalue weighted by molar-refractivity contribution is 5.88. The van der Waals surface area contributed by atoms with Crippen LogP contribution in [0.4, 0.5) is 4.39 Å². The molecule has 0 spiro atoms. The molecule has 0 saturated heterocycles. The summed E-state index contributed by atoms with van der Waals surface area (Å²) in [6, 6.07) is 3.61. The summed E-state index contributed by atoms with van der Waals surface area (Å²) in [7, 11) is 0. The van der Waals surface area contributed by atoms with Gasteiger partial charge in [-0.15, -0.1) is 0 Å². The maximum atomic E-state index is 13.0. The van der Waals surface area contributed by atoms with Gasteiger partial charge in [0.15, 0.2) is 0 Å². The molecule has 0 fully saturated rings. The van der Waals surface area contributed by atoms with E-state index in [1.165, 1.54) is 12.1 Å². The fourth-order valence-corrected chi connectivity index (χ4v) is 1.22. The van der Waals surface area contributed by atoms with Crippen LogP contribution in [0.15, 0.2) is 18.2 Å². The lowest BCUT2D eigenvalue weighted by Gasteiger charge is -1.96. The Morgan fingerprint density at radius 2 is 2.19 bits per heavy atom. The van der Waals surface area contributed by atoms with Crippen LogP contribution in [0.5, 0.6) is 0 Å². The molecule has 84 valence electrons. The molecule has 2 nitrogen and oxygen atoms in total. The first-order valence-electron chi connectivity index (χ1n) is 5.16. The zero-order valence-corrected chi connectivity index (χ0v) is 9.09. The van der Waals surface area contributed by atoms with Gasteiger partial charge in [0.2, 0.25) is 0 Å². The Hall–Kier alpha value is -1.82. The van der Waals surface area contributed by atoms with Crippen molar-refractivity contribution in [2.45, 2.75) is 26.2 Å². The smallest absolute Gasteiger partial charge is 0.335 e. The van der Waals surface area contributed by atoms with E-state index in [1.807, 2.05) is 0 Å². The van der Waals surface area contributed by atoms with Crippen molar-refractivity contribution in [1.29, 1.82) is 0 Å². The van der Waals surface area contributed by atoms with E-state index in [0.29, 0.717) is 5.56 Å². The molecule has 0 aliphatic rings. The molecule has 0 aliphatic carbocycles. The fraction of sp³-hybridized carbons (Fsp3) is 0.308. The summed E-state index contributed by atoms with van der Waals surface area (Å²) in [6.07, 6.45) is 2.79. The topological polar surface area (TPSA) is 37.3 Å². The van der Waals surface area contributed by atoms with Crippen molar-refractivity contribution in [1.82, 2.24) is 0 Å². The number of carbonyl (C=O) groups is 1. The molecule has 1 aromatic carbocycles. The van der Waals surface area contributed by atoms with Crippen LogP contribution in [-0.2, 0) is 0 Å². The SMILES string of the molecule is CCCCC#Cc1cc(F)cc(C(=O)O)c1. The van der Waals surface area contributed by atoms with Crippen LogP contribution in [0.1, 0.15) is 42.1 Å². The average Bonchev–Trinajstić information content (AvgIpc) is 2.23. The van der Waals surface area contributed by atoms with Gasteiger partial charge in [-0.3, -0.25) is 0 Å². The highest BCUT2D eigenvalue weighted by atomic mass is 19.1. The van der Waals surface area contributed by atoms with Gasteiger partial charge in [-0.25, -0.2) is 9.18 Å². The monoisotopic (exact) mass is 220 g/mol. The zero-order valence-electron chi connectivity index (χ0n) is 9.09. The van der Waals surface area contributed by atoms with E-state index in [2.05, 4.69) is 18.8 Å². The summed E-state index contributed by atoms with van der Waals surface area (Å²) in [5, 5.41) is 8.73. The molecule has 0 aromatic heterocycles. The summed E-state index contributed by atoms with van der Waals surface area (Å²) >= 11 is 0. The predicted octanol–water partition coefficient (Wildman–Crippen LogP) is 3.07. The van der Waals surface area contributed by atoms with Crippen LogP contribution in [-0.4, -0.2) is 11.1 Å². The molecule has 0 amide bonds. The first-order chi connectivity index (χ1) is 7.63. The highest BCUT2D eigenvalue weighted by Gasteiger charge is 2.05. The van der Waals surface area contributed by atoms with E-state index in [4.69, 9.17) is 5.11 Å². The van der Waals surface area contributed by atoms with Crippen molar-refractivity contribution >= 4 is 5.97 Å². The van der Waals surface area contributed by atoms with Crippen molar-refractivity contribution in [2.75, 3.05) is 0 Å². The van der Waals surface area contributed by atoms with Crippen molar-refractivity contribution in [3.63, 3.8) is 0 Å². The number of hydrogen-bond acceptors (Lipinski definition) is 1. The van der Waals surface area contributed by atoms with Crippen LogP contribution >= 0.6 is 0 Å². The molecule has 1 aromatic rings. The lowest BCUT2D eigenvalue weighted by Crippen LogP contribution is -1.97. The van der Waals surface area contributed by atoms with Gasteiger partial charge in [0, 0.05) is 12.0 Å². The maximum Gasteiger partial charge on any atom is 0.335 e. The number of halogens is 1. The van der Waals surface area contributed by atoms with Gasteiger partial charge in [-0.2, -0.15) is 0 Å². The number of benzene rings is 1. The van der Waals surface area contributed by atoms with Gasteiger partial charge in [-0.1, -0.05) is 25.2 Å². The molecule has 0 bridgehead atoms. The van der Waals surface area contributed by atoms with Crippen LogP contribution in [0.2, 0.25) is 0 Å². The van der Waals surface area contributed by atoms with Crippen LogP contribution < -0.4 is 0 Å². The lowest BCUT2D eigenvalue weighted by atomic mass is 10.1. The first kappa shape index (κ1) is 12.3. The number of rotatable bonds is 3. The normalized spacial score (nSPS) is 9.38. The predicted molar refractivity (Wildman–Crippen MR) is 59.8 cm³/mol. The minimum Gasteiger partial charge on any atom is -0.478 e. The Kier molecular flexibility index (Phi) is 4.53. The van der Waals surface area contributed by atoms with E-state index in [1.54, 1.807) is 0 Å². The Bertz CT molecular complexity index is 441. The van der Waals surface area contributed by atoms with Gasteiger partial charge in [0.1, 0.15) is 5.82 Å². The molecule has 1 N–H and O–H groups in total. The van der Waals surface area contributed by atoms with E-state index in [9.17, 15) is 9.18 Å². The van der Waals surface area contributed by atoms with Gasteiger partial charge < -0.3 is 5.11 Å².